The number of rotatable bonds is 1. The van der Waals surface area contributed by atoms with Crippen molar-refractivity contribution >= 4 is 23.2 Å². The summed E-state index contributed by atoms with van der Waals surface area (Å²) in [6, 6.07) is 8.08. The van der Waals surface area contributed by atoms with Crippen LogP contribution in [0.15, 0.2) is 18.2 Å². The van der Waals surface area contributed by atoms with Gasteiger partial charge in [-0.2, -0.15) is 5.26 Å². The zero-order valence-corrected chi connectivity index (χ0v) is 13.0. The van der Waals surface area contributed by atoms with E-state index < -0.39 is 0 Å². The molecule has 1 saturated heterocycles. The Bertz CT molecular complexity index is 514. The molecule has 0 aliphatic carbocycles. The number of hydrogen-bond donors (Lipinski definition) is 0. The van der Waals surface area contributed by atoms with E-state index in [1.807, 2.05) is 12.1 Å². The summed E-state index contributed by atoms with van der Waals surface area (Å²) in [4.78, 5) is 2.34. The summed E-state index contributed by atoms with van der Waals surface area (Å²) in [5, 5.41) is 10.5. The van der Waals surface area contributed by atoms with Crippen molar-refractivity contribution in [3.05, 3.63) is 33.8 Å². The molecule has 1 fully saturated rings. The molecule has 1 aliphatic heterocycles. The Morgan fingerprint density at radius 3 is 2.53 bits per heavy atom. The van der Waals surface area contributed by atoms with Gasteiger partial charge < -0.3 is 0 Å². The maximum atomic E-state index is 9.39. The van der Waals surface area contributed by atoms with E-state index in [2.05, 4.69) is 31.7 Å². The van der Waals surface area contributed by atoms with Crippen molar-refractivity contribution in [1.82, 2.24) is 4.90 Å². The molecule has 0 unspecified atom stereocenters. The minimum atomic E-state index is -0.0322. The molecule has 0 saturated carbocycles. The summed E-state index contributed by atoms with van der Waals surface area (Å²) < 4.78 is 0. The lowest BCUT2D eigenvalue weighted by Gasteiger charge is -2.31. The van der Waals surface area contributed by atoms with Crippen LogP contribution in [0.1, 0.15) is 32.3 Å². The van der Waals surface area contributed by atoms with Crippen LogP contribution < -0.4 is 0 Å². The van der Waals surface area contributed by atoms with Gasteiger partial charge in [-0.25, -0.2) is 0 Å². The normalized spacial score (nSPS) is 24.4. The monoisotopic (exact) mass is 296 g/mol. The van der Waals surface area contributed by atoms with E-state index in [-0.39, 0.29) is 17.4 Å². The number of nitriles is 1. The maximum Gasteiger partial charge on any atom is 0.0676 e. The van der Waals surface area contributed by atoms with Crippen molar-refractivity contribution in [2.24, 2.45) is 5.92 Å². The van der Waals surface area contributed by atoms with E-state index in [1.54, 1.807) is 6.07 Å². The third-order valence-electron chi connectivity index (χ3n) is 3.82. The van der Waals surface area contributed by atoms with Crippen molar-refractivity contribution in [2.45, 2.75) is 32.2 Å². The molecule has 102 valence electrons. The Kier molecular flexibility index (Phi) is 4.11. The van der Waals surface area contributed by atoms with Crippen molar-refractivity contribution in [2.75, 3.05) is 13.1 Å². The minimum Gasteiger partial charge on any atom is -0.297 e. The number of halogens is 2. The zero-order valence-electron chi connectivity index (χ0n) is 11.5. The molecular formula is C15H18Cl2N2. The SMILES string of the molecule is CC(C)(C)N1C[C@@H](C#N)[C@H](c2cccc(Cl)c2Cl)C1. The van der Waals surface area contributed by atoms with Gasteiger partial charge >= 0.3 is 0 Å². The summed E-state index contributed by atoms with van der Waals surface area (Å²) in [7, 11) is 0. The largest absolute Gasteiger partial charge is 0.297 e. The minimum absolute atomic E-state index is 0.0322. The number of likely N-dealkylation sites (tertiary alicyclic amines) is 1. The van der Waals surface area contributed by atoms with Crippen LogP contribution in [0.5, 0.6) is 0 Å². The third-order valence-corrected chi connectivity index (χ3v) is 4.65. The molecule has 0 amide bonds. The molecule has 0 N–H and O–H groups in total. The molecule has 0 aromatic heterocycles. The molecular weight excluding hydrogens is 279 g/mol. The summed E-state index contributed by atoms with van der Waals surface area (Å²) in [6.45, 7) is 8.14. The Morgan fingerprint density at radius 1 is 1.26 bits per heavy atom. The van der Waals surface area contributed by atoms with Crippen molar-refractivity contribution < 1.29 is 0 Å². The number of nitrogens with zero attached hydrogens (tertiary/aromatic N) is 2. The highest BCUT2D eigenvalue weighted by Gasteiger charge is 2.39. The summed E-state index contributed by atoms with van der Waals surface area (Å²) in [5.41, 5.74) is 1.06. The zero-order chi connectivity index (χ0) is 14.2. The molecule has 1 heterocycles. The van der Waals surface area contributed by atoms with Crippen molar-refractivity contribution in [3.63, 3.8) is 0 Å². The molecule has 4 heteroatoms. The molecule has 2 atom stereocenters. The summed E-state index contributed by atoms with van der Waals surface area (Å²) >= 11 is 12.4. The van der Waals surface area contributed by atoms with Crippen LogP contribution in [0.4, 0.5) is 0 Å². The Labute approximate surface area is 124 Å². The van der Waals surface area contributed by atoms with Crippen LogP contribution in [0.25, 0.3) is 0 Å². The number of hydrogen-bond acceptors (Lipinski definition) is 2. The maximum absolute atomic E-state index is 9.39. The fourth-order valence-corrected chi connectivity index (χ4v) is 3.05. The van der Waals surface area contributed by atoms with Gasteiger partial charge in [0, 0.05) is 24.5 Å². The first kappa shape index (κ1) is 14.7. The molecule has 0 spiro atoms. The average Bonchev–Trinajstić information content (AvgIpc) is 2.76. The third kappa shape index (κ3) is 2.89. The molecule has 0 bridgehead atoms. The van der Waals surface area contributed by atoms with Crippen LogP contribution in [-0.2, 0) is 0 Å². The van der Waals surface area contributed by atoms with Gasteiger partial charge in [-0.15, -0.1) is 0 Å². The van der Waals surface area contributed by atoms with Gasteiger partial charge in [-0.1, -0.05) is 35.3 Å². The second-order valence-corrected chi connectivity index (χ2v) is 6.85. The van der Waals surface area contributed by atoms with Crippen LogP contribution >= 0.6 is 23.2 Å². The fourth-order valence-electron chi connectivity index (χ4n) is 2.60. The van der Waals surface area contributed by atoms with Crippen LogP contribution in [0.2, 0.25) is 10.0 Å². The standard InChI is InChI=1S/C15H18Cl2N2/c1-15(2,3)19-8-10(7-18)12(9-19)11-5-4-6-13(16)14(11)17/h4-6,10,12H,8-9H2,1-3H3/t10-,12-/m1/s1. The molecule has 1 aromatic carbocycles. The second kappa shape index (κ2) is 5.32. The number of benzene rings is 1. The highest BCUT2D eigenvalue weighted by molar-refractivity contribution is 6.42. The second-order valence-electron chi connectivity index (χ2n) is 6.06. The van der Waals surface area contributed by atoms with Gasteiger partial charge in [0.15, 0.2) is 0 Å². The van der Waals surface area contributed by atoms with Crippen molar-refractivity contribution in [3.8, 4) is 6.07 Å². The highest BCUT2D eigenvalue weighted by atomic mass is 35.5. The lowest BCUT2D eigenvalue weighted by atomic mass is 9.90. The van der Waals surface area contributed by atoms with E-state index in [1.165, 1.54) is 0 Å². The average molecular weight is 297 g/mol. The first-order chi connectivity index (χ1) is 8.84. The van der Waals surface area contributed by atoms with Crippen LogP contribution in [0, 0.1) is 17.2 Å². The predicted molar refractivity (Wildman–Crippen MR) is 79.6 cm³/mol. The molecule has 19 heavy (non-hydrogen) atoms. The van der Waals surface area contributed by atoms with Gasteiger partial charge in [0.05, 0.1) is 22.0 Å². The van der Waals surface area contributed by atoms with E-state index >= 15 is 0 Å². The van der Waals surface area contributed by atoms with E-state index in [0.717, 1.165) is 18.7 Å². The Morgan fingerprint density at radius 2 is 1.95 bits per heavy atom. The molecule has 2 rings (SSSR count). The molecule has 1 aliphatic rings. The molecule has 1 aromatic rings. The summed E-state index contributed by atoms with van der Waals surface area (Å²) in [6.07, 6.45) is 0. The Balaban J connectivity index is 2.34. The first-order valence-corrected chi connectivity index (χ1v) is 7.18. The van der Waals surface area contributed by atoms with E-state index in [9.17, 15) is 5.26 Å². The highest BCUT2D eigenvalue weighted by Crippen LogP contribution is 2.40. The summed E-state index contributed by atoms with van der Waals surface area (Å²) in [5.74, 6) is 0.102. The van der Waals surface area contributed by atoms with Crippen LogP contribution in [0.3, 0.4) is 0 Å². The van der Waals surface area contributed by atoms with Gasteiger partial charge in [0.25, 0.3) is 0 Å². The van der Waals surface area contributed by atoms with Gasteiger partial charge in [0.2, 0.25) is 0 Å². The first-order valence-electron chi connectivity index (χ1n) is 6.43. The van der Waals surface area contributed by atoms with E-state index in [4.69, 9.17) is 23.2 Å². The van der Waals surface area contributed by atoms with E-state index in [0.29, 0.717) is 10.0 Å². The lowest BCUT2D eigenvalue weighted by Crippen LogP contribution is -2.39. The Hall–Kier alpha value is -0.750. The van der Waals surface area contributed by atoms with Crippen molar-refractivity contribution in [1.29, 1.82) is 5.26 Å². The predicted octanol–water partition coefficient (Wildman–Crippen LogP) is 4.33. The van der Waals surface area contributed by atoms with Crippen LogP contribution in [-0.4, -0.2) is 23.5 Å². The van der Waals surface area contributed by atoms with Gasteiger partial charge in [-0.3, -0.25) is 4.90 Å². The quantitative estimate of drug-likeness (QED) is 0.771. The topological polar surface area (TPSA) is 27.0 Å². The lowest BCUT2D eigenvalue weighted by molar-refractivity contribution is 0.170. The molecule has 0 radical (unpaired) electrons. The smallest absolute Gasteiger partial charge is 0.0676 e. The van der Waals surface area contributed by atoms with Gasteiger partial charge in [0.1, 0.15) is 0 Å². The molecule has 2 nitrogen and oxygen atoms in total. The fraction of sp³-hybridized carbons (Fsp3) is 0.533. The van der Waals surface area contributed by atoms with Gasteiger partial charge in [-0.05, 0) is 32.4 Å².